The van der Waals surface area contributed by atoms with Gasteiger partial charge in [-0.05, 0) is 63.8 Å². The molecule has 0 N–H and O–H groups in total. The number of hydrogen-bond donors (Lipinski definition) is 0. The van der Waals surface area contributed by atoms with Crippen molar-refractivity contribution in [3.05, 3.63) is 45.6 Å². The molecule has 0 heterocycles. The molecular weight excluding hydrogens is 287 g/mol. The maximum absolute atomic E-state index is 7.02. The van der Waals surface area contributed by atoms with Crippen LogP contribution in [0.2, 0.25) is 0 Å². The Morgan fingerprint density at radius 1 is 0.750 bits per heavy atom. The van der Waals surface area contributed by atoms with Crippen LogP contribution in [0.1, 0.15) is 48.5 Å². The molecule has 2 unspecified atom stereocenters. The molecule has 0 fully saturated rings. The summed E-state index contributed by atoms with van der Waals surface area (Å²) >= 11 is 14.0. The molecule has 0 saturated heterocycles. The van der Waals surface area contributed by atoms with Gasteiger partial charge in [-0.1, -0.05) is 30.2 Å². The van der Waals surface area contributed by atoms with Crippen LogP contribution < -0.4 is 0 Å². The molecule has 0 aromatic carbocycles. The largest absolute Gasteiger partial charge is 0.109 e. The van der Waals surface area contributed by atoms with Crippen LogP contribution in [0.15, 0.2) is 45.6 Å². The van der Waals surface area contributed by atoms with Crippen molar-refractivity contribution in [2.45, 2.75) is 58.2 Å². The third-order valence-electron chi connectivity index (χ3n) is 5.57. The molecule has 2 heteroatoms. The Morgan fingerprint density at radius 2 is 1.05 bits per heavy atom. The van der Waals surface area contributed by atoms with Crippen molar-refractivity contribution >= 4 is 23.2 Å². The third-order valence-corrected chi connectivity index (χ3v) is 7.01. The molecule has 2 aliphatic carbocycles. The minimum atomic E-state index is -0.488. The molecule has 2 atom stereocenters. The van der Waals surface area contributed by atoms with E-state index in [1.165, 1.54) is 33.4 Å². The average Bonchev–Trinajstić information content (AvgIpc) is 2.71. The van der Waals surface area contributed by atoms with Crippen molar-refractivity contribution in [1.82, 2.24) is 0 Å². The van der Waals surface area contributed by atoms with E-state index in [1.807, 2.05) is 0 Å². The summed E-state index contributed by atoms with van der Waals surface area (Å²) in [6.07, 6.45) is 4.36. The zero-order valence-corrected chi connectivity index (χ0v) is 15.0. The lowest BCUT2D eigenvalue weighted by molar-refractivity contribution is 0.454. The molecule has 0 radical (unpaired) electrons. The minimum absolute atomic E-state index is 0.0955. The summed E-state index contributed by atoms with van der Waals surface area (Å²) in [4.78, 5) is -0.975. The van der Waals surface area contributed by atoms with Gasteiger partial charge in [0.25, 0.3) is 0 Å². The highest BCUT2D eigenvalue weighted by Gasteiger charge is 2.50. The lowest BCUT2D eigenvalue weighted by atomic mass is 9.76. The van der Waals surface area contributed by atoms with Crippen LogP contribution in [0.4, 0.5) is 0 Å². The second kappa shape index (κ2) is 4.78. The van der Waals surface area contributed by atoms with E-state index < -0.39 is 9.75 Å². The zero-order valence-electron chi connectivity index (χ0n) is 13.5. The predicted molar refractivity (Wildman–Crippen MR) is 90.6 cm³/mol. The van der Waals surface area contributed by atoms with Gasteiger partial charge in [-0.15, -0.1) is 23.2 Å². The molecular formula is C18H24Cl2. The Labute approximate surface area is 133 Å². The molecule has 0 aliphatic heterocycles. The van der Waals surface area contributed by atoms with Crippen LogP contribution >= 0.6 is 23.2 Å². The number of alkyl halides is 2. The van der Waals surface area contributed by atoms with Crippen molar-refractivity contribution in [3.8, 4) is 0 Å². The van der Waals surface area contributed by atoms with E-state index in [1.54, 1.807) is 0 Å². The van der Waals surface area contributed by atoms with Crippen LogP contribution in [0.5, 0.6) is 0 Å². The lowest BCUT2D eigenvalue weighted by Gasteiger charge is -2.39. The van der Waals surface area contributed by atoms with Crippen molar-refractivity contribution in [2.24, 2.45) is 5.92 Å². The van der Waals surface area contributed by atoms with E-state index >= 15 is 0 Å². The van der Waals surface area contributed by atoms with Gasteiger partial charge < -0.3 is 0 Å². The van der Waals surface area contributed by atoms with Gasteiger partial charge in [0.05, 0.1) is 9.75 Å². The number of halogens is 2. The Morgan fingerprint density at radius 3 is 1.25 bits per heavy atom. The quantitative estimate of drug-likeness (QED) is 0.535. The topological polar surface area (TPSA) is 0 Å². The lowest BCUT2D eigenvalue weighted by Crippen LogP contribution is -2.42. The molecule has 2 rings (SSSR count). The van der Waals surface area contributed by atoms with Gasteiger partial charge in [0.2, 0.25) is 0 Å². The Bertz CT molecular complexity index is 537. The summed E-state index contributed by atoms with van der Waals surface area (Å²) in [5, 5.41) is 0. The van der Waals surface area contributed by atoms with Crippen molar-refractivity contribution < 1.29 is 0 Å². The Hall–Kier alpha value is -0.460. The SMILES string of the molecule is CC1=CC(Cl)(C(C)C2(Cl)C=C(C)C(C)=C2C)C(C)=C1C. The first-order valence-electron chi connectivity index (χ1n) is 7.19. The highest BCUT2D eigenvalue weighted by molar-refractivity contribution is 6.32. The fourth-order valence-corrected chi connectivity index (χ4v) is 4.45. The summed E-state index contributed by atoms with van der Waals surface area (Å²) in [6, 6.07) is 0. The van der Waals surface area contributed by atoms with Crippen molar-refractivity contribution in [1.29, 1.82) is 0 Å². The van der Waals surface area contributed by atoms with Crippen molar-refractivity contribution in [2.75, 3.05) is 0 Å². The molecule has 0 aromatic rings. The van der Waals surface area contributed by atoms with Gasteiger partial charge >= 0.3 is 0 Å². The first-order valence-corrected chi connectivity index (χ1v) is 7.94. The predicted octanol–water partition coefficient (Wildman–Crippen LogP) is 6.17. The fourth-order valence-electron chi connectivity index (χ4n) is 3.43. The summed E-state index contributed by atoms with van der Waals surface area (Å²) in [5.74, 6) is 0.0955. The molecule has 0 amide bonds. The molecule has 0 bridgehead atoms. The average molecular weight is 311 g/mol. The van der Waals surface area contributed by atoms with Gasteiger partial charge in [-0.2, -0.15) is 0 Å². The maximum Gasteiger partial charge on any atom is 0.0892 e. The van der Waals surface area contributed by atoms with E-state index in [-0.39, 0.29) is 5.92 Å². The Balaban J connectivity index is 2.52. The number of hydrogen-bond acceptors (Lipinski definition) is 0. The molecule has 20 heavy (non-hydrogen) atoms. The van der Waals surface area contributed by atoms with Crippen LogP contribution in [0.25, 0.3) is 0 Å². The van der Waals surface area contributed by atoms with Crippen LogP contribution in [0.3, 0.4) is 0 Å². The van der Waals surface area contributed by atoms with Gasteiger partial charge in [-0.3, -0.25) is 0 Å². The molecule has 2 aliphatic rings. The van der Waals surface area contributed by atoms with Gasteiger partial charge in [0, 0.05) is 5.92 Å². The van der Waals surface area contributed by atoms with Gasteiger partial charge in [0.1, 0.15) is 0 Å². The van der Waals surface area contributed by atoms with E-state index in [9.17, 15) is 0 Å². The molecule has 0 nitrogen and oxygen atoms in total. The molecule has 0 spiro atoms. The minimum Gasteiger partial charge on any atom is -0.109 e. The normalized spacial score (nSPS) is 35.6. The summed E-state index contributed by atoms with van der Waals surface area (Å²) in [6.45, 7) is 15.0. The summed E-state index contributed by atoms with van der Waals surface area (Å²) in [5.41, 5.74) is 7.58. The van der Waals surface area contributed by atoms with Crippen LogP contribution in [-0.2, 0) is 0 Å². The van der Waals surface area contributed by atoms with Crippen molar-refractivity contribution in [3.63, 3.8) is 0 Å². The first kappa shape index (κ1) is 15.9. The highest BCUT2D eigenvalue weighted by atomic mass is 35.5. The van der Waals surface area contributed by atoms with E-state index in [0.29, 0.717) is 0 Å². The van der Waals surface area contributed by atoms with E-state index in [4.69, 9.17) is 23.2 Å². The fraction of sp³-hybridized carbons (Fsp3) is 0.556. The Kier molecular flexibility index (Phi) is 3.81. The van der Waals surface area contributed by atoms with Crippen LogP contribution in [0, 0.1) is 5.92 Å². The van der Waals surface area contributed by atoms with Crippen LogP contribution in [-0.4, -0.2) is 9.75 Å². The smallest absolute Gasteiger partial charge is 0.0892 e. The summed E-state index contributed by atoms with van der Waals surface area (Å²) < 4.78 is 0. The molecule has 110 valence electrons. The number of allylic oxidation sites excluding steroid dienone is 8. The first-order chi connectivity index (χ1) is 9.05. The van der Waals surface area contributed by atoms with E-state index in [0.717, 1.165) is 0 Å². The zero-order chi connectivity index (χ0) is 15.5. The highest BCUT2D eigenvalue weighted by Crippen LogP contribution is 2.54. The summed E-state index contributed by atoms with van der Waals surface area (Å²) in [7, 11) is 0. The van der Waals surface area contributed by atoms with Gasteiger partial charge in [-0.25, -0.2) is 0 Å². The van der Waals surface area contributed by atoms with E-state index in [2.05, 4.69) is 60.6 Å². The molecule has 0 aromatic heterocycles. The monoisotopic (exact) mass is 310 g/mol. The second-order valence-electron chi connectivity index (χ2n) is 6.41. The number of rotatable bonds is 2. The van der Waals surface area contributed by atoms with Gasteiger partial charge in [0.15, 0.2) is 0 Å². The third kappa shape index (κ3) is 1.96. The maximum atomic E-state index is 7.02. The second-order valence-corrected chi connectivity index (χ2v) is 7.66. The molecule has 0 saturated carbocycles. The standard InChI is InChI=1S/C18H24Cl2/c1-10-8-17(19,14(5)12(10)3)16(7)18(20)9-11(2)13(4)15(18)6/h8-9,16H,1-7H3.